The summed E-state index contributed by atoms with van der Waals surface area (Å²) in [5.74, 6) is -1.08. The molecular weight excluding hydrogens is 417 g/mol. The molecule has 1 aliphatic rings. The normalized spacial score (nSPS) is 12.2. The van der Waals surface area contributed by atoms with Crippen LogP contribution in [0.15, 0.2) is 66.7 Å². The van der Waals surface area contributed by atoms with E-state index < -0.39 is 18.4 Å². The first-order valence-electron chi connectivity index (χ1n) is 9.73. The molecule has 3 aromatic rings. The molecule has 32 heavy (non-hydrogen) atoms. The second-order valence-electron chi connectivity index (χ2n) is 6.96. The maximum Gasteiger partial charge on any atom is 0.342 e. The summed E-state index contributed by atoms with van der Waals surface area (Å²) in [7, 11) is 0. The molecular formula is C24H18FNO6. The van der Waals surface area contributed by atoms with Gasteiger partial charge in [0.2, 0.25) is 0 Å². The lowest BCUT2D eigenvalue weighted by molar-refractivity contribution is -0.118. The molecule has 0 fully saturated rings. The quantitative estimate of drug-likeness (QED) is 0.449. The fourth-order valence-electron chi connectivity index (χ4n) is 3.05. The zero-order valence-corrected chi connectivity index (χ0v) is 16.8. The highest BCUT2D eigenvalue weighted by Gasteiger charge is 2.20. The second-order valence-corrected chi connectivity index (χ2v) is 6.96. The third-order valence-corrected chi connectivity index (χ3v) is 4.68. The summed E-state index contributed by atoms with van der Waals surface area (Å²) in [6.45, 7) is -0.439. The number of esters is 1. The number of rotatable bonds is 7. The molecule has 0 spiro atoms. The first-order chi connectivity index (χ1) is 15.5. The van der Waals surface area contributed by atoms with E-state index in [4.69, 9.17) is 14.2 Å². The Hall–Kier alpha value is -4.20. The molecule has 1 aliphatic heterocycles. The Labute approximate surface area is 182 Å². The summed E-state index contributed by atoms with van der Waals surface area (Å²) in [5.41, 5.74) is 1.54. The van der Waals surface area contributed by atoms with Gasteiger partial charge in [-0.2, -0.15) is 0 Å². The van der Waals surface area contributed by atoms with E-state index in [1.165, 1.54) is 30.3 Å². The lowest BCUT2D eigenvalue weighted by Gasteiger charge is -2.18. The third-order valence-electron chi connectivity index (χ3n) is 4.68. The monoisotopic (exact) mass is 435 g/mol. The molecule has 0 bridgehead atoms. The van der Waals surface area contributed by atoms with E-state index in [0.29, 0.717) is 11.4 Å². The Bertz CT molecular complexity index is 1180. The van der Waals surface area contributed by atoms with E-state index >= 15 is 0 Å². The van der Waals surface area contributed by atoms with Gasteiger partial charge in [0.15, 0.2) is 19.0 Å². The number of anilines is 1. The van der Waals surface area contributed by atoms with E-state index in [0.717, 1.165) is 5.56 Å². The summed E-state index contributed by atoms with van der Waals surface area (Å²) in [6.07, 6.45) is 0. The van der Waals surface area contributed by atoms with E-state index in [2.05, 4.69) is 5.32 Å². The Morgan fingerprint density at radius 1 is 1.03 bits per heavy atom. The Balaban J connectivity index is 1.39. The first kappa shape index (κ1) is 21.0. The van der Waals surface area contributed by atoms with Gasteiger partial charge in [-0.3, -0.25) is 9.59 Å². The van der Waals surface area contributed by atoms with Crippen LogP contribution >= 0.6 is 0 Å². The Morgan fingerprint density at radius 2 is 1.81 bits per heavy atom. The molecule has 1 amide bonds. The minimum absolute atomic E-state index is 0.0828. The van der Waals surface area contributed by atoms with E-state index in [1.807, 2.05) is 0 Å². The van der Waals surface area contributed by atoms with E-state index in [-0.39, 0.29) is 41.8 Å². The molecule has 8 heteroatoms. The molecule has 4 rings (SSSR count). The number of fused-ring (bicyclic) bond motifs is 1. The summed E-state index contributed by atoms with van der Waals surface area (Å²) in [5, 5.41) is 2.62. The van der Waals surface area contributed by atoms with Crippen molar-refractivity contribution in [3.8, 4) is 11.5 Å². The van der Waals surface area contributed by atoms with Crippen LogP contribution in [0.5, 0.6) is 11.5 Å². The number of ketones is 1. The Morgan fingerprint density at radius 3 is 2.62 bits per heavy atom. The fourth-order valence-corrected chi connectivity index (χ4v) is 3.05. The van der Waals surface area contributed by atoms with Crippen LogP contribution in [0.25, 0.3) is 0 Å². The predicted molar refractivity (Wildman–Crippen MR) is 112 cm³/mol. The molecule has 0 saturated heterocycles. The van der Waals surface area contributed by atoms with Crippen molar-refractivity contribution < 1.29 is 33.0 Å². The summed E-state index contributed by atoms with van der Waals surface area (Å²) in [4.78, 5) is 36.5. The minimum Gasteiger partial charge on any atom is -0.488 e. The van der Waals surface area contributed by atoms with Crippen molar-refractivity contribution in [3.63, 3.8) is 0 Å². The molecule has 0 aliphatic carbocycles. The summed E-state index contributed by atoms with van der Waals surface area (Å²) >= 11 is 0. The highest BCUT2D eigenvalue weighted by Crippen LogP contribution is 2.28. The van der Waals surface area contributed by atoms with Crippen LogP contribution < -0.4 is 14.8 Å². The third kappa shape index (κ3) is 4.92. The molecule has 0 saturated carbocycles. The van der Waals surface area contributed by atoms with Gasteiger partial charge < -0.3 is 19.5 Å². The van der Waals surface area contributed by atoms with Crippen molar-refractivity contribution in [2.75, 3.05) is 18.5 Å². The minimum atomic E-state index is -0.720. The van der Waals surface area contributed by atoms with Crippen molar-refractivity contribution in [1.82, 2.24) is 0 Å². The zero-order chi connectivity index (χ0) is 22.5. The number of carbonyl (C=O) groups is 3. The topological polar surface area (TPSA) is 90.9 Å². The molecule has 7 nitrogen and oxygen atoms in total. The number of halogens is 1. The van der Waals surface area contributed by atoms with Gasteiger partial charge in [-0.1, -0.05) is 24.3 Å². The van der Waals surface area contributed by atoms with Gasteiger partial charge >= 0.3 is 5.97 Å². The fraction of sp³-hybridized carbons (Fsp3) is 0.125. The molecule has 1 heterocycles. The molecule has 3 aromatic carbocycles. The van der Waals surface area contributed by atoms with Crippen LogP contribution in [-0.2, 0) is 16.1 Å². The lowest BCUT2D eigenvalue weighted by atomic mass is 10.1. The van der Waals surface area contributed by atoms with Gasteiger partial charge in [-0.05, 0) is 48.0 Å². The van der Waals surface area contributed by atoms with Crippen molar-refractivity contribution in [3.05, 3.63) is 89.2 Å². The molecule has 0 unspecified atom stereocenters. The van der Waals surface area contributed by atoms with Crippen LogP contribution in [-0.4, -0.2) is 30.9 Å². The lowest BCUT2D eigenvalue weighted by Crippen LogP contribution is -2.25. The molecule has 0 atom stereocenters. The first-order valence-corrected chi connectivity index (χ1v) is 9.73. The van der Waals surface area contributed by atoms with Crippen LogP contribution in [0, 0.1) is 5.82 Å². The number of nitrogens with one attached hydrogen (secondary N) is 1. The largest absolute Gasteiger partial charge is 0.488 e. The number of hydrogen-bond acceptors (Lipinski definition) is 6. The number of carbonyl (C=O) groups excluding carboxylic acids is 3. The molecule has 162 valence electrons. The Kier molecular flexibility index (Phi) is 6.12. The zero-order valence-electron chi connectivity index (χ0n) is 16.8. The maximum atomic E-state index is 13.0. The van der Waals surface area contributed by atoms with Gasteiger partial charge in [0, 0.05) is 5.56 Å². The second kappa shape index (κ2) is 9.30. The SMILES string of the molecule is O=C1COc2ccc(C(=O)COC(=O)c3ccccc3OCc3ccc(F)cc3)cc2N1. The van der Waals surface area contributed by atoms with Gasteiger partial charge in [-0.15, -0.1) is 0 Å². The van der Waals surface area contributed by atoms with Crippen LogP contribution in [0.4, 0.5) is 10.1 Å². The number of benzene rings is 3. The summed E-state index contributed by atoms with van der Waals surface area (Å²) in [6, 6.07) is 16.9. The smallest absolute Gasteiger partial charge is 0.342 e. The predicted octanol–water partition coefficient (Wildman–Crippen LogP) is 3.78. The number of amides is 1. The van der Waals surface area contributed by atoms with Crippen molar-refractivity contribution in [1.29, 1.82) is 0 Å². The number of ether oxygens (including phenoxy) is 3. The molecule has 1 N–H and O–H groups in total. The highest BCUT2D eigenvalue weighted by molar-refractivity contribution is 6.02. The van der Waals surface area contributed by atoms with Gasteiger partial charge in [0.1, 0.15) is 29.5 Å². The van der Waals surface area contributed by atoms with Crippen LogP contribution in [0.1, 0.15) is 26.3 Å². The van der Waals surface area contributed by atoms with Crippen molar-refractivity contribution >= 4 is 23.3 Å². The number of para-hydroxylation sites is 1. The van der Waals surface area contributed by atoms with Gasteiger partial charge in [0.25, 0.3) is 5.91 Å². The number of Topliss-reactive ketones (excluding diaryl/α,β-unsaturated/α-hetero) is 1. The average Bonchev–Trinajstić information content (AvgIpc) is 2.81. The molecule has 0 aromatic heterocycles. The highest BCUT2D eigenvalue weighted by atomic mass is 19.1. The van der Waals surface area contributed by atoms with Crippen molar-refractivity contribution in [2.24, 2.45) is 0 Å². The van der Waals surface area contributed by atoms with Crippen LogP contribution in [0.2, 0.25) is 0 Å². The van der Waals surface area contributed by atoms with Crippen molar-refractivity contribution in [2.45, 2.75) is 6.61 Å². The van der Waals surface area contributed by atoms with Crippen LogP contribution in [0.3, 0.4) is 0 Å². The standard InChI is InChI=1S/C24H18FNO6/c25-17-8-5-15(6-9-17)12-30-21-4-2-1-3-18(21)24(29)32-13-20(27)16-7-10-22-19(11-16)26-23(28)14-31-22/h1-11H,12-14H2,(H,26,28). The number of hydrogen-bond donors (Lipinski definition) is 1. The van der Waals surface area contributed by atoms with E-state index in [1.54, 1.807) is 36.4 Å². The average molecular weight is 435 g/mol. The van der Waals surface area contributed by atoms with E-state index in [9.17, 15) is 18.8 Å². The maximum absolute atomic E-state index is 13.0. The van der Waals surface area contributed by atoms with Gasteiger partial charge in [0.05, 0.1) is 5.69 Å². The summed E-state index contributed by atoms with van der Waals surface area (Å²) < 4.78 is 29.2. The van der Waals surface area contributed by atoms with Gasteiger partial charge in [-0.25, -0.2) is 9.18 Å². The molecule has 0 radical (unpaired) electrons.